The molecule has 4 nitrogen and oxygen atoms in total. The maximum Gasteiger partial charge on any atom is 0.219 e. The molecule has 18 heavy (non-hydrogen) atoms. The predicted octanol–water partition coefficient (Wildman–Crippen LogP) is 0.953. The molecule has 1 aliphatic heterocycles. The SMILES string of the molecule is CC(=O)N1CCN(c2ccc(CN)c(F)c2)CC1. The molecule has 0 unspecified atom stereocenters. The van der Waals surface area contributed by atoms with E-state index in [0.717, 1.165) is 18.8 Å². The first kappa shape index (κ1) is 12.8. The lowest BCUT2D eigenvalue weighted by Crippen LogP contribution is -2.48. The van der Waals surface area contributed by atoms with Gasteiger partial charge in [-0.05, 0) is 12.1 Å². The summed E-state index contributed by atoms with van der Waals surface area (Å²) < 4.78 is 13.6. The van der Waals surface area contributed by atoms with Crippen LogP contribution in [0.15, 0.2) is 18.2 Å². The van der Waals surface area contributed by atoms with Crippen LogP contribution >= 0.6 is 0 Å². The number of hydrogen-bond acceptors (Lipinski definition) is 3. The van der Waals surface area contributed by atoms with Crippen molar-refractivity contribution in [1.82, 2.24) is 4.90 Å². The van der Waals surface area contributed by atoms with Crippen LogP contribution in [0.2, 0.25) is 0 Å². The zero-order valence-corrected chi connectivity index (χ0v) is 10.5. The fourth-order valence-electron chi connectivity index (χ4n) is 2.18. The summed E-state index contributed by atoms with van der Waals surface area (Å²) in [5, 5.41) is 0. The average molecular weight is 251 g/mol. The molecule has 1 fully saturated rings. The molecule has 0 bridgehead atoms. The highest BCUT2D eigenvalue weighted by molar-refractivity contribution is 5.73. The number of piperazine rings is 1. The number of hydrogen-bond donors (Lipinski definition) is 1. The van der Waals surface area contributed by atoms with Crippen LogP contribution in [0.3, 0.4) is 0 Å². The van der Waals surface area contributed by atoms with E-state index in [9.17, 15) is 9.18 Å². The van der Waals surface area contributed by atoms with Crippen molar-refractivity contribution in [2.45, 2.75) is 13.5 Å². The van der Waals surface area contributed by atoms with Crippen LogP contribution in [0.4, 0.5) is 10.1 Å². The second kappa shape index (κ2) is 5.35. The van der Waals surface area contributed by atoms with E-state index < -0.39 is 0 Å². The summed E-state index contributed by atoms with van der Waals surface area (Å²) in [6.07, 6.45) is 0. The van der Waals surface area contributed by atoms with Crippen LogP contribution < -0.4 is 10.6 Å². The molecule has 1 aromatic carbocycles. The molecule has 0 aliphatic carbocycles. The van der Waals surface area contributed by atoms with Crippen molar-refractivity contribution in [2.24, 2.45) is 5.73 Å². The molecule has 98 valence electrons. The van der Waals surface area contributed by atoms with E-state index in [0.29, 0.717) is 18.7 Å². The minimum Gasteiger partial charge on any atom is -0.368 e. The first-order valence-corrected chi connectivity index (χ1v) is 6.11. The Morgan fingerprint density at radius 1 is 1.33 bits per heavy atom. The molecule has 1 amide bonds. The smallest absolute Gasteiger partial charge is 0.219 e. The quantitative estimate of drug-likeness (QED) is 0.851. The Morgan fingerprint density at radius 3 is 2.50 bits per heavy atom. The second-order valence-electron chi connectivity index (χ2n) is 4.47. The minimum atomic E-state index is -0.260. The third kappa shape index (κ3) is 2.61. The van der Waals surface area contributed by atoms with E-state index >= 15 is 0 Å². The van der Waals surface area contributed by atoms with Crippen molar-refractivity contribution < 1.29 is 9.18 Å². The van der Waals surface area contributed by atoms with Gasteiger partial charge in [-0.25, -0.2) is 4.39 Å². The highest BCUT2D eigenvalue weighted by atomic mass is 19.1. The van der Waals surface area contributed by atoms with Crippen LogP contribution in [0.5, 0.6) is 0 Å². The van der Waals surface area contributed by atoms with Crippen molar-refractivity contribution >= 4 is 11.6 Å². The van der Waals surface area contributed by atoms with E-state index in [4.69, 9.17) is 5.73 Å². The molecule has 1 heterocycles. The highest BCUT2D eigenvalue weighted by Gasteiger charge is 2.19. The molecule has 5 heteroatoms. The molecule has 0 saturated carbocycles. The molecular formula is C13H18FN3O. The van der Waals surface area contributed by atoms with Gasteiger partial charge >= 0.3 is 0 Å². The van der Waals surface area contributed by atoms with Crippen LogP contribution in [0, 0.1) is 5.82 Å². The fraction of sp³-hybridized carbons (Fsp3) is 0.462. The van der Waals surface area contributed by atoms with Gasteiger partial charge in [0.25, 0.3) is 0 Å². The Balaban J connectivity index is 2.05. The molecule has 1 aliphatic rings. The summed E-state index contributed by atoms with van der Waals surface area (Å²) in [4.78, 5) is 15.1. The molecule has 1 aromatic rings. The number of halogens is 1. The van der Waals surface area contributed by atoms with E-state index in [1.807, 2.05) is 6.07 Å². The molecule has 1 saturated heterocycles. The van der Waals surface area contributed by atoms with Gasteiger partial charge in [0.1, 0.15) is 5.82 Å². The fourth-order valence-corrected chi connectivity index (χ4v) is 2.18. The Hall–Kier alpha value is -1.62. The van der Waals surface area contributed by atoms with Gasteiger partial charge in [0, 0.05) is 50.9 Å². The third-order valence-electron chi connectivity index (χ3n) is 3.35. The van der Waals surface area contributed by atoms with Gasteiger partial charge in [-0.3, -0.25) is 4.79 Å². The Morgan fingerprint density at radius 2 is 2.00 bits per heavy atom. The summed E-state index contributed by atoms with van der Waals surface area (Å²) in [6.45, 7) is 4.64. The summed E-state index contributed by atoms with van der Waals surface area (Å²) >= 11 is 0. The average Bonchev–Trinajstić information content (AvgIpc) is 2.38. The first-order chi connectivity index (χ1) is 8.61. The summed E-state index contributed by atoms with van der Waals surface area (Å²) in [5.74, 6) is -0.164. The lowest BCUT2D eigenvalue weighted by Gasteiger charge is -2.35. The monoisotopic (exact) mass is 251 g/mol. The van der Waals surface area contributed by atoms with E-state index in [1.165, 1.54) is 6.07 Å². The van der Waals surface area contributed by atoms with E-state index in [1.54, 1.807) is 17.9 Å². The second-order valence-corrected chi connectivity index (χ2v) is 4.47. The maximum atomic E-state index is 13.6. The number of amides is 1. The lowest BCUT2D eigenvalue weighted by atomic mass is 10.1. The predicted molar refractivity (Wildman–Crippen MR) is 68.8 cm³/mol. The van der Waals surface area contributed by atoms with Gasteiger partial charge in [-0.1, -0.05) is 6.07 Å². The van der Waals surface area contributed by atoms with Gasteiger partial charge in [-0.15, -0.1) is 0 Å². The van der Waals surface area contributed by atoms with Gasteiger partial charge < -0.3 is 15.5 Å². The van der Waals surface area contributed by atoms with Crippen molar-refractivity contribution in [2.75, 3.05) is 31.1 Å². The van der Waals surface area contributed by atoms with Gasteiger partial charge in [0.2, 0.25) is 5.91 Å². The zero-order valence-electron chi connectivity index (χ0n) is 10.5. The number of carbonyl (C=O) groups excluding carboxylic acids is 1. The molecule has 2 N–H and O–H groups in total. The number of nitrogens with zero attached hydrogens (tertiary/aromatic N) is 2. The number of nitrogens with two attached hydrogens (primary N) is 1. The van der Waals surface area contributed by atoms with Crippen LogP contribution in [-0.4, -0.2) is 37.0 Å². The summed E-state index contributed by atoms with van der Waals surface area (Å²) in [6, 6.07) is 5.13. The Kier molecular flexibility index (Phi) is 3.81. The van der Waals surface area contributed by atoms with Crippen molar-refractivity contribution in [3.8, 4) is 0 Å². The van der Waals surface area contributed by atoms with Crippen LogP contribution in [0.25, 0.3) is 0 Å². The molecule has 0 aromatic heterocycles. The molecule has 0 atom stereocenters. The number of carbonyl (C=O) groups is 1. The number of benzene rings is 1. The lowest BCUT2D eigenvalue weighted by molar-refractivity contribution is -0.129. The standard InChI is InChI=1S/C13H18FN3O/c1-10(18)16-4-6-17(7-5-16)12-3-2-11(9-15)13(14)8-12/h2-3,8H,4-7,9,15H2,1H3. The zero-order chi connectivity index (χ0) is 13.1. The maximum absolute atomic E-state index is 13.6. The normalized spacial score (nSPS) is 15.9. The molecule has 0 radical (unpaired) electrons. The van der Waals surface area contributed by atoms with Gasteiger partial charge in [0.05, 0.1) is 0 Å². The minimum absolute atomic E-state index is 0.0966. The largest absolute Gasteiger partial charge is 0.368 e. The van der Waals surface area contributed by atoms with Crippen LogP contribution in [-0.2, 0) is 11.3 Å². The van der Waals surface area contributed by atoms with E-state index in [-0.39, 0.29) is 18.3 Å². The van der Waals surface area contributed by atoms with Crippen LogP contribution in [0.1, 0.15) is 12.5 Å². The molecule has 0 spiro atoms. The molecular weight excluding hydrogens is 233 g/mol. The molecule has 2 rings (SSSR count). The Bertz CT molecular complexity index is 442. The van der Waals surface area contributed by atoms with Crippen molar-refractivity contribution in [3.63, 3.8) is 0 Å². The summed E-state index contributed by atoms with van der Waals surface area (Å²) in [5.41, 5.74) is 6.82. The van der Waals surface area contributed by atoms with Crippen molar-refractivity contribution in [3.05, 3.63) is 29.6 Å². The Labute approximate surface area is 106 Å². The van der Waals surface area contributed by atoms with Crippen molar-refractivity contribution in [1.29, 1.82) is 0 Å². The van der Waals surface area contributed by atoms with Gasteiger partial charge in [-0.2, -0.15) is 0 Å². The topological polar surface area (TPSA) is 49.6 Å². The number of rotatable bonds is 2. The summed E-state index contributed by atoms with van der Waals surface area (Å²) in [7, 11) is 0. The first-order valence-electron chi connectivity index (χ1n) is 6.11. The third-order valence-corrected chi connectivity index (χ3v) is 3.35. The number of anilines is 1. The highest BCUT2D eigenvalue weighted by Crippen LogP contribution is 2.20. The van der Waals surface area contributed by atoms with E-state index in [2.05, 4.69) is 4.90 Å². The van der Waals surface area contributed by atoms with Gasteiger partial charge in [0.15, 0.2) is 0 Å².